The number of amides is 1. The van der Waals surface area contributed by atoms with Gasteiger partial charge in [-0.3, -0.25) is 4.79 Å². The Labute approximate surface area is 373 Å². The van der Waals surface area contributed by atoms with Gasteiger partial charge in [0.15, 0.2) is 0 Å². The highest BCUT2D eigenvalue weighted by molar-refractivity contribution is 5.78. The minimum absolute atomic E-state index is 0.00631. The molecule has 0 heterocycles. The number of esters is 1. The molecule has 0 saturated carbocycles. The number of nitrogens with two attached hydrogens (primary N) is 2. The van der Waals surface area contributed by atoms with Crippen molar-refractivity contribution in [3.63, 3.8) is 0 Å². The molecule has 1 atom stereocenters. The number of ether oxygens (including phenoxy) is 2. The lowest BCUT2D eigenvalue weighted by Crippen LogP contribution is -2.37. The normalized spacial score (nSPS) is 12.0. The van der Waals surface area contributed by atoms with Gasteiger partial charge in [-0.2, -0.15) is 0 Å². The fourth-order valence-electron chi connectivity index (χ4n) is 8.09. The van der Waals surface area contributed by atoms with Gasteiger partial charge in [-0.25, -0.2) is 4.79 Å². The number of hydrogen-bond acceptors (Lipinski definition) is 8. The Morgan fingerprint density at radius 2 is 0.833 bits per heavy atom. The van der Waals surface area contributed by atoms with Crippen molar-refractivity contribution in [1.29, 1.82) is 0 Å². The minimum Gasteiger partial charge on any atom is -0.462 e. The second-order valence-electron chi connectivity index (χ2n) is 18.0. The quantitative estimate of drug-likeness (QED) is 0.0351. The van der Waals surface area contributed by atoms with Gasteiger partial charge in [-0.05, 0) is 71.2 Å². The molecule has 1 unspecified atom stereocenters. The Hall–Kier alpha value is -1.26. The van der Waals surface area contributed by atoms with Crippen LogP contribution in [0.3, 0.4) is 0 Å². The Morgan fingerprint density at radius 1 is 0.467 bits per heavy atom. The summed E-state index contributed by atoms with van der Waals surface area (Å²) in [4.78, 5) is 28.0. The highest BCUT2D eigenvalue weighted by Gasteiger charge is 2.16. The van der Waals surface area contributed by atoms with E-state index in [-0.39, 0.29) is 31.8 Å². The van der Waals surface area contributed by atoms with Crippen molar-refractivity contribution in [2.75, 3.05) is 65.6 Å². The van der Waals surface area contributed by atoms with Crippen LogP contribution >= 0.6 is 0 Å². The number of carbonyl (C=O) groups excluding carboxylic acids is 2. The molecule has 0 aromatic carbocycles. The van der Waals surface area contributed by atoms with Crippen LogP contribution in [0.4, 0.5) is 0 Å². The highest BCUT2D eigenvalue weighted by Crippen LogP contribution is 2.16. The van der Waals surface area contributed by atoms with Gasteiger partial charge >= 0.3 is 5.97 Å². The standard InChI is InChI=1S/C51H105N5O4/c1-3-5-7-9-11-13-15-17-19-21-23-25-27-29-31-33-44-56(45-34-32-30-28-26-24-22-20-18-16-14-12-10-8-6-4-2)50(57)47-59-48-51(58)60-46-49(55-43-37-40-53)38-35-41-54-42-36-39-52/h49,54-55H,3-48,52-53H2,1-2H3. The number of nitrogens with one attached hydrogen (secondary N) is 2. The molecule has 0 spiro atoms. The van der Waals surface area contributed by atoms with E-state index in [1.54, 1.807) is 0 Å². The summed E-state index contributed by atoms with van der Waals surface area (Å²) in [6, 6.07) is 0.0633. The average molecular weight is 852 g/mol. The monoisotopic (exact) mass is 852 g/mol. The smallest absolute Gasteiger partial charge is 0.332 e. The molecule has 0 radical (unpaired) electrons. The summed E-state index contributed by atoms with van der Waals surface area (Å²) in [5.41, 5.74) is 11.3. The molecule has 0 rings (SSSR count). The summed E-state index contributed by atoms with van der Waals surface area (Å²) < 4.78 is 11.2. The second-order valence-corrected chi connectivity index (χ2v) is 18.0. The Morgan fingerprint density at radius 3 is 1.23 bits per heavy atom. The summed E-state index contributed by atoms with van der Waals surface area (Å²) >= 11 is 0. The summed E-state index contributed by atoms with van der Waals surface area (Å²) in [5, 5.41) is 6.88. The molecule has 9 nitrogen and oxygen atoms in total. The summed E-state index contributed by atoms with van der Waals surface area (Å²) in [6.45, 7) is 10.1. The van der Waals surface area contributed by atoms with E-state index < -0.39 is 5.97 Å². The van der Waals surface area contributed by atoms with E-state index in [1.165, 1.54) is 180 Å². The molecule has 9 heteroatoms. The van der Waals surface area contributed by atoms with Crippen LogP contribution in [-0.4, -0.2) is 88.5 Å². The molecule has 0 aliphatic rings. The maximum atomic E-state index is 13.3. The molecule has 0 aliphatic carbocycles. The third-order valence-electron chi connectivity index (χ3n) is 12.1. The van der Waals surface area contributed by atoms with Gasteiger partial charge in [0, 0.05) is 19.1 Å². The van der Waals surface area contributed by atoms with Crippen LogP contribution in [-0.2, 0) is 19.1 Å². The third-order valence-corrected chi connectivity index (χ3v) is 12.1. The van der Waals surface area contributed by atoms with E-state index in [4.69, 9.17) is 20.9 Å². The number of nitrogens with zero attached hydrogens (tertiary/aromatic N) is 1. The third kappa shape index (κ3) is 44.8. The molecule has 0 saturated heterocycles. The fraction of sp³-hybridized carbons (Fsp3) is 0.961. The SMILES string of the molecule is CCCCCCCCCCCCCCCCCCN(CCCCCCCCCCCCCCCCCC)C(=O)COCC(=O)OCC(CCCNCCCN)NCCCN. The molecular weight excluding hydrogens is 747 g/mol. The molecule has 0 aromatic rings. The first-order chi connectivity index (χ1) is 29.6. The van der Waals surface area contributed by atoms with Crippen molar-refractivity contribution in [1.82, 2.24) is 15.5 Å². The maximum absolute atomic E-state index is 13.3. The number of rotatable bonds is 51. The molecule has 6 N–H and O–H groups in total. The van der Waals surface area contributed by atoms with Crippen LogP contribution in [0, 0.1) is 0 Å². The van der Waals surface area contributed by atoms with Gasteiger partial charge < -0.3 is 36.5 Å². The van der Waals surface area contributed by atoms with Crippen molar-refractivity contribution in [2.45, 2.75) is 251 Å². The summed E-state index contributed by atoms with van der Waals surface area (Å²) in [5.74, 6) is -0.426. The Balaban J connectivity index is 4.47. The van der Waals surface area contributed by atoms with Crippen LogP contribution in [0.5, 0.6) is 0 Å². The lowest BCUT2D eigenvalue weighted by atomic mass is 10.0. The lowest BCUT2D eigenvalue weighted by molar-refractivity contribution is -0.152. The molecule has 0 aromatic heterocycles. The zero-order chi connectivity index (χ0) is 43.7. The van der Waals surface area contributed by atoms with Crippen LogP contribution in [0.25, 0.3) is 0 Å². The first kappa shape index (κ1) is 58.7. The van der Waals surface area contributed by atoms with Gasteiger partial charge in [0.25, 0.3) is 0 Å². The zero-order valence-electron chi connectivity index (χ0n) is 40.3. The number of carbonyl (C=O) groups is 2. The van der Waals surface area contributed by atoms with E-state index in [2.05, 4.69) is 24.5 Å². The largest absolute Gasteiger partial charge is 0.462 e. The summed E-state index contributed by atoms with van der Waals surface area (Å²) in [7, 11) is 0. The zero-order valence-corrected chi connectivity index (χ0v) is 40.3. The minimum atomic E-state index is -0.420. The van der Waals surface area contributed by atoms with Gasteiger partial charge in [-0.1, -0.05) is 206 Å². The van der Waals surface area contributed by atoms with Crippen LogP contribution in [0.2, 0.25) is 0 Å². The fourth-order valence-corrected chi connectivity index (χ4v) is 8.09. The number of hydrogen-bond donors (Lipinski definition) is 4. The Bertz CT molecular complexity index is 829. The van der Waals surface area contributed by atoms with Crippen molar-refractivity contribution in [3.05, 3.63) is 0 Å². The molecule has 60 heavy (non-hydrogen) atoms. The predicted molar refractivity (Wildman–Crippen MR) is 259 cm³/mol. The van der Waals surface area contributed by atoms with E-state index in [0.717, 1.165) is 84.1 Å². The van der Waals surface area contributed by atoms with Crippen LogP contribution in [0.1, 0.15) is 245 Å². The number of unbranched alkanes of at least 4 members (excludes halogenated alkanes) is 30. The van der Waals surface area contributed by atoms with Crippen molar-refractivity contribution >= 4 is 11.9 Å². The van der Waals surface area contributed by atoms with E-state index in [9.17, 15) is 9.59 Å². The van der Waals surface area contributed by atoms with Gasteiger partial charge in [0.1, 0.15) is 19.8 Å². The molecule has 0 bridgehead atoms. The summed E-state index contributed by atoms with van der Waals surface area (Å²) in [6.07, 6.45) is 46.6. The lowest BCUT2D eigenvalue weighted by Gasteiger charge is -2.23. The van der Waals surface area contributed by atoms with Crippen LogP contribution in [0.15, 0.2) is 0 Å². The highest BCUT2D eigenvalue weighted by atomic mass is 16.6. The maximum Gasteiger partial charge on any atom is 0.332 e. The first-order valence-corrected chi connectivity index (χ1v) is 26.4. The van der Waals surface area contributed by atoms with E-state index in [0.29, 0.717) is 13.1 Å². The Kier molecular flexibility index (Phi) is 49.3. The average Bonchev–Trinajstić information content (AvgIpc) is 3.25. The van der Waals surface area contributed by atoms with Gasteiger partial charge in [-0.15, -0.1) is 0 Å². The topological polar surface area (TPSA) is 132 Å². The second kappa shape index (κ2) is 50.4. The van der Waals surface area contributed by atoms with Gasteiger partial charge in [0.05, 0.1) is 0 Å². The van der Waals surface area contributed by atoms with Crippen molar-refractivity contribution < 1.29 is 19.1 Å². The van der Waals surface area contributed by atoms with E-state index >= 15 is 0 Å². The molecule has 0 aliphatic heterocycles. The molecule has 358 valence electrons. The predicted octanol–water partition coefficient (Wildman–Crippen LogP) is 11.9. The first-order valence-electron chi connectivity index (χ1n) is 26.4. The van der Waals surface area contributed by atoms with Crippen molar-refractivity contribution in [3.8, 4) is 0 Å². The van der Waals surface area contributed by atoms with Crippen molar-refractivity contribution in [2.24, 2.45) is 11.5 Å². The van der Waals surface area contributed by atoms with Crippen LogP contribution < -0.4 is 22.1 Å². The van der Waals surface area contributed by atoms with Gasteiger partial charge in [0.2, 0.25) is 5.91 Å². The molecule has 1 amide bonds. The molecular formula is C51H105N5O4. The van der Waals surface area contributed by atoms with E-state index in [1.807, 2.05) is 4.90 Å². The molecule has 0 fully saturated rings.